The van der Waals surface area contributed by atoms with Crippen molar-refractivity contribution in [2.45, 2.75) is 300 Å². The van der Waals surface area contributed by atoms with Crippen LogP contribution >= 0.6 is 0 Å². The van der Waals surface area contributed by atoms with E-state index in [0.29, 0.717) is 13.0 Å². The first kappa shape index (κ1) is 63.8. The molecule has 0 radical (unpaired) electrons. The van der Waals surface area contributed by atoms with E-state index in [9.17, 15) is 40.5 Å². The Morgan fingerprint density at radius 3 is 1.36 bits per heavy atom. The van der Waals surface area contributed by atoms with Gasteiger partial charge in [0, 0.05) is 13.0 Å². The molecule has 0 bridgehead atoms. The Morgan fingerprint density at radius 1 is 0.464 bits per heavy atom. The van der Waals surface area contributed by atoms with Gasteiger partial charge in [0.05, 0.1) is 26.4 Å². The lowest BCUT2D eigenvalue weighted by atomic mass is 9.98. The van der Waals surface area contributed by atoms with E-state index in [2.05, 4.69) is 26.0 Å². The second kappa shape index (κ2) is 43.2. The summed E-state index contributed by atoms with van der Waals surface area (Å²) in [6.07, 6.45) is 30.0. The SMILES string of the molecule is CCCC/C=C\CCCCCCCCOCC(COC1OC(COC2OC(CO)C(O)C(O)C2O)C(O)C(O)C1O)OC(=O)CCCCCCCCCCCCCCCCCCCCCCCCC. The Labute approximate surface area is 418 Å². The van der Waals surface area contributed by atoms with E-state index in [-0.39, 0.29) is 25.6 Å². The summed E-state index contributed by atoms with van der Waals surface area (Å²) < 4.78 is 34.3. The number of unbranched alkanes of at least 4 members (excludes halogenated alkanes) is 30. The maximum absolute atomic E-state index is 13.0. The highest BCUT2D eigenvalue weighted by molar-refractivity contribution is 5.69. The van der Waals surface area contributed by atoms with Crippen molar-refractivity contribution in [3.05, 3.63) is 12.2 Å². The van der Waals surface area contributed by atoms with Crippen molar-refractivity contribution in [2.24, 2.45) is 0 Å². The zero-order chi connectivity index (χ0) is 50.2. The van der Waals surface area contributed by atoms with Crippen molar-refractivity contribution in [1.29, 1.82) is 0 Å². The molecule has 2 rings (SSSR count). The van der Waals surface area contributed by atoms with Crippen molar-refractivity contribution in [1.82, 2.24) is 0 Å². The molecule has 11 unspecified atom stereocenters. The summed E-state index contributed by atoms with van der Waals surface area (Å²) >= 11 is 0. The van der Waals surface area contributed by atoms with E-state index in [1.54, 1.807) is 0 Å². The number of carbonyl (C=O) groups is 1. The standard InChI is InChI=1S/C55H104O14/c1-3-5-7-9-11-13-15-17-18-19-20-21-22-23-24-25-26-27-28-30-32-34-36-38-47(57)67-44(41-64-39-37-35-33-31-29-16-14-12-10-8-6-4-2)42-65-54-53(63)51(61)49(59)46(69-54)43-66-55-52(62)50(60)48(58)45(40-56)68-55/h10,12,44-46,48-56,58-63H,3-9,11,13-43H2,1-2H3/b12-10-. The topological polar surface area (TPSA) is 214 Å². The van der Waals surface area contributed by atoms with Crippen LogP contribution in [0.4, 0.5) is 0 Å². The van der Waals surface area contributed by atoms with Crippen LogP contribution < -0.4 is 0 Å². The Hall–Kier alpha value is -1.27. The van der Waals surface area contributed by atoms with Crippen LogP contribution in [-0.2, 0) is 33.2 Å². The summed E-state index contributed by atoms with van der Waals surface area (Å²) in [6, 6.07) is 0. The van der Waals surface area contributed by atoms with E-state index in [0.717, 1.165) is 44.9 Å². The van der Waals surface area contributed by atoms with Crippen LogP contribution in [0.25, 0.3) is 0 Å². The first-order valence-electron chi connectivity index (χ1n) is 28.3. The monoisotopic (exact) mass is 989 g/mol. The van der Waals surface area contributed by atoms with Crippen LogP contribution in [0.3, 0.4) is 0 Å². The minimum absolute atomic E-state index is 0.0626. The molecule has 2 fully saturated rings. The van der Waals surface area contributed by atoms with Crippen LogP contribution in [0.2, 0.25) is 0 Å². The van der Waals surface area contributed by atoms with Crippen molar-refractivity contribution in [3.8, 4) is 0 Å². The minimum Gasteiger partial charge on any atom is -0.457 e. The maximum atomic E-state index is 13.0. The van der Waals surface area contributed by atoms with Gasteiger partial charge in [-0.25, -0.2) is 0 Å². The second-order valence-corrected chi connectivity index (χ2v) is 20.1. The Morgan fingerprint density at radius 2 is 0.870 bits per heavy atom. The molecule has 0 amide bonds. The van der Waals surface area contributed by atoms with Crippen LogP contribution in [0.15, 0.2) is 12.2 Å². The van der Waals surface area contributed by atoms with Crippen molar-refractivity contribution < 1.29 is 69.0 Å². The second-order valence-electron chi connectivity index (χ2n) is 20.1. The summed E-state index contributed by atoms with van der Waals surface area (Å²) in [5.41, 5.74) is 0. The van der Waals surface area contributed by atoms with Gasteiger partial charge in [-0.05, 0) is 32.1 Å². The molecule has 2 saturated heterocycles. The molecular weight excluding hydrogens is 885 g/mol. The Bertz CT molecular complexity index is 1190. The van der Waals surface area contributed by atoms with Gasteiger partial charge >= 0.3 is 5.97 Å². The highest BCUT2D eigenvalue weighted by atomic mass is 16.7. The number of hydrogen-bond acceptors (Lipinski definition) is 14. The summed E-state index contributed by atoms with van der Waals surface area (Å²) in [7, 11) is 0. The zero-order valence-electron chi connectivity index (χ0n) is 43.6. The molecule has 2 aliphatic heterocycles. The third kappa shape index (κ3) is 30.5. The Kier molecular flexibility index (Phi) is 39.9. The van der Waals surface area contributed by atoms with Gasteiger partial charge in [0.25, 0.3) is 0 Å². The normalized spacial score (nSPS) is 25.7. The van der Waals surface area contributed by atoms with Gasteiger partial charge in [-0.3, -0.25) is 4.79 Å². The third-order valence-corrected chi connectivity index (χ3v) is 13.8. The maximum Gasteiger partial charge on any atom is 0.306 e. The summed E-state index contributed by atoms with van der Waals surface area (Å²) in [4.78, 5) is 13.0. The molecule has 11 atom stereocenters. The lowest BCUT2D eigenvalue weighted by Gasteiger charge is -2.42. The predicted octanol–water partition coefficient (Wildman–Crippen LogP) is 9.41. The Balaban J connectivity index is 1.68. The lowest BCUT2D eigenvalue weighted by molar-refractivity contribution is -0.332. The van der Waals surface area contributed by atoms with Gasteiger partial charge in [-0.1, -0.05) is 206 Å². The van der Waals surface area contributed by atoms with Gasteiger partial charge in [0.15, 0.2) is 12.6 Å². The van der Waals surface area contributed by atoms with Crippen LogP contribution in [0, 0.1) is 0 Å². The van der Waals surface area contributed by atoms with E-state index in [1.807, 2.05) is 0 Å². The van der Waals surface area contributed by atoms with E-state index in [4.69, 9.17) is 28.4 Å². The number of aliphatic hydroxyl groups excluding tert-OH is 7. The van der Waals surface area contributed by atoms with Crippen molar-refractivity contribution in [2.75, 3.05) is 33.0 Å². The van der Waals surface area contributed by atoms with Gasteiger partial charge < -0.3 is 64.2 Å². The molecule has 0 spiro atoms. The molecule has 69 heavy (non-hydrogen) atoms. The van der Waals surface area contributed by atoms with Crippen molar-refractivity contribution in [3.63, 3.8) is 0 Å². The number of esters is 1. The molecular formula is C55H104O14. The first-order chi connectivity index (χ1) is 33.6. The molecule has 0 aromatic carbocycles. The molecule has 0 saturated carbocycles. The van der Waals surface area contributed by atoms with E-state index < -0.39 is 80.7 Å². The smallest absolute Gasteiger partial charge is 0.306 e. The molecule has 0 aromatic rings. The number of allylic oxidation sites excluding steroid dienone is 2. The summed E-state index contributed by atoms with van der Waals surface area (Å²) in [5, 5.41) is 72.2. The molecule has 0 aliphatic carbocycles. The van der Waals surface area contributed by atoms with Crippen LogP contribution in [-0.4, -0.2) is 142 Å². The fraction of sp³-hybridized carbons (Fsp3) is 0.945. The lowest BCUT2D eigenvalue weighted by Crippen LogP contribution is -2.61. The van der Waals surface area contributed by atoms with Gasteiger partial charge in [-0.2, -0.15) is 0 Å². The predicted molar refractivity (Wildman–Crippen MR) is 271 cm³/mol. The quantitative estimate of drug-likeness (QED) is 0.0172. The fourth-order valence-electron chi connectivity index (χ4n) is 9.15. The van der Waals surface area contributed by atoms with Crippen LogP contribution in [0.5, 0.6) is 0 Å². The van der Waals surface area contributed by atoms with Gasteiger partial charge in [-0.15, -0.1) is 0 Å². The minimum atomic E-state index is -1.70. The third-order valence-electron chi connectivity index (χ3n) is 13.8. The first-order valence-corrected chi connectivity index (χ1v) is 28.3. The highest BCUT2D eigenvalue weighted by Gasteiger charge is 2.47. The molecule has 2 aliphatic rings. The highest BCUT2D eigenvalue weighted by Crippen LogP contribution is 2.27. The molecule has 14 heteroatoms. The van der Waals surface area contributed by atoms with E-state index >= 15 is 0 Å². The van der Waals surface area contributed by atoms with Crippen molar-refractivity contribution >= 4 is 5.97 Å². The number of ether oxygens (including phenoxy) is 6. The van der Waals surface area contributed by atoms with E-state index in [1.165, 1.54) is 161 Å². The largest absolute Gasteiger partial charge is 0.457 e. The summed E-state index contributed by atoms with van der Waals surface area (Å²) in [5.74, 6) is -0.373. The fourth-order valence-corrected chi connectivity index (χ4v) is 9.15. The number of aliphatic hydroxyl groups is 7. The number of carbonyl (C=O) groups excluding carboxylic acids is 1. The number of rotatable bonds is 46. The molecule has 2 heterocycles. The van der Waals surface area contributed by atoms with Gasteiger partial charge in [0.2, 0.25) is 0 Å². The molecule has 7 N–H and O–H groups in total. The average Bonchev–Trinajstić information content (AvgIpc) is 3.35. The molecule has 0 aromatic heterocycles. The summed E-state index contributed by atoms with van der Waals surface area (Å²) in [6.45, 7) is 3.68. The number of hydrogen-bond donors (Lipinski definition) is 7. The van der Waals surface area contributed by atoms with Gasteiger partial charge in [0.1, 0.15) is 54.9 Å². The van der Waals surface area contributed by atoms with Crippen LogP contribution in [0.1, 0.15) is 232 Å². The zero-order valence-corrected chi connectivity index (χ0v) is 43.6. The average molecular weight is 989 g/mol. The molecule has 14 nitrogen and oxygen atoms in total. The molecule has 408 valence electrons.